The predicted molar refractivity (Wildman–Crippen MR) is 186 cm³/mol. The summed E-state index contributed by atoms with van der Waals surface area (Å²) in [6.45, 7) is 4.74. The van der Waals surface area contributed by atoms with E-state index in [2.05, 4.69) is 46.0 Å². The number of aliphatic hydroxyl groups is 1. The number of nitrogens with one attached hydrogen (secondary N) is 2. The molecule has 1 aromatic heterocycles. The number of aryl methyl sites for hydroxylation is 1. The molecule has 4 unspecified atom stereocenters. The van der Waals surface area contributed by atoms with Crippen LogP contribution in [0.25, 0.3) is 11.1 Å². The van der Waals surface area contributed by atoms with Crippen LogP contribution in [0.2, 0.25) is 0 Å². The van der Waals surface area contributed by atoms with Gasteiger partial charge in [-0.2, -0.15) is 0 Å². The Balaban J connectivity index is 1.25. The van der Waals surface area contributed by atoms with Crippen LogP contribution in [0.5, 0.6) is 0 Å². The first-order valence-corrected chi connectivity index (χ1v) is 17.5. The second-order valence-electron chi connectivity index (χ2n) is 12.2. The van der Waals surface area contributed by atoms with Crippen LogP contribution in [0, 0.1) is 5.92 Å². The van der Waals surface area contributed by atoms with E-state index in [0.29, 0.717) is 25.3 Å². The fraction of sp³-hybridized carbons (Fsp3) is 0.405. The molecule has 1 aliphatic rings. The Bertz CT molecular complexity index is 1630. The minimum absolute atomic E-state index is 0.00592. The lowest BCUT2D eigenvalue weighted by atomic mass is 9.91. The van der Waals surface area contributed by atoms with Crippen LogP contribution in [0.3, 0.4) is 0 Å². The summed E-state index contributed by atoms with van der Waals surface area (Å²) in [7, 11) is 1.93. The lowest BCUT2D eigenvalue weighted by molar-refractivity contribution is -0.268. The average molecular weight is 672 g/mol. The van der Waals surface area contributed by atoms with Crippen molar-refractivity contribution in [1.82, 2.24) is 25.4 Å². The Morgan fingerprint density at radius 2 is 1.69 bits per heavy atom. The van der Waals surface area contributed by atoms with E-state index in [-0.39, 0.29) is 36.5 Å². The SMILES string of the molecule is CC(=O)NCCCCCC(=O)NCc1ccccc1-c1ccc(C2OC(CSc3nncn3C)C(C)C(c3ccc(CO)cc3)O2)cc1. The summed E-state index contributed by atoms with van der Waals surface area (Å²) < 4.78 is 15.2. The number of carbonyl (C=O) groups is 2. The summed E-state index contributed by atoms with van der Waals surface area (Å²) >= 11 is 1.61. The largest absolute Gasteiger partial charge is 0.392 e. The average Bonchev–Trinajstić information content (AvgIpc) is 3.52. The number of thioether (sulfide) groups is 1. The van der Waals surface area contributed by atoms with E-state index in [9.17, 15) is 14.7 Å². The molecule has 4 aromatic rings. The van der Waals surface area contributed by atoms with Gasteiger partial charge in [0.2, 0.25) is 11.8 Å². The van der Waals surface area contributed by atoms with Crippen molar-refractivity contribution in [1.29, 1.82) is 0 Å². The summed E-state index contributed by atoms with van der Waals surface area (Å²) in [6, 6.07) is 24.3. The van der Waals surface area contributed by atoms with Gasteiger partial charge in [0.05, 0.1) is 18.8 Å². The van der Waals surface area contributed by atoms with Gasteiger partial charge in [0.25, 0.3) is 0 Å². The van der Waals surface area contributed by atoms with Gasteiger partial charge >= 0.3 is 0 Å². The molecule has 0 bridgehead atoms. The van der Waals surface area contributed by atoms with Crippen LogP contribution in [0.4, 0.5) is 0 Å². The Hall–Kier alpha value is -4.03. The normalized spacial score (nSPS) is 19.2. The van der Waals surface area contributed by atoms with E-state index in [1.54, 1.807) is 18.1 Å². The van der Waals surface area contributed by atoms with Gasteiger partial charge in [-0.25, -0.2) is 0 Å². The van der Waals surface area contributed by atoms with Crippen molar-refractivity contribution in [3.63, 3.8) is 0 Å². The molecule has 4 atom stereocenters. The maximum absolute atomic E-state index is 12.5. The molecule has 0 saturated carbocycles. The van der Waals surface area contributed by atoms with Crippen LogP contribution < -0.4 is 10.6 Å². The Labute approximate surface area is 286 Å². The lowest BCUT2D eigenvalue weighted by Crippen LogP contribution is -2.38. The maximum atomic E-state index is 12.5. The molecular weight excluding hydrogens is 627 g/mol. The Morgan fingerprint density at radius 3 is 2.40 bits per heavy atom. The van der Waals surface area contributed by atoms with Crippen LogP contribution >= 0.6 is 11.8 Å². The second-order valence-corrected chi connectivity index (χ2v) is 13.2. The molecule has 11 heteroatoms. The van der Waals surface area contributed by atoms with Gasteiger partial charge in [0.15, 0.2) is 11.4 Å². The monoisotopic (exact) mass is 671 g/mol. The molecule has 10 nitrogen and oxygen atoms in total. The molecule has 3 aromatic carbocycles. The molecule has 2 heterocycles. The van der Waals surface area contributed by atoms with Gasteiger partial charge in [-0.15, -0.1) is 10.2 Å². The molecule has 254 valence electrons. The van der Waals surface area contributed by atoms with E-state index in [1.165, 1.54) is 6.92 Å². The molecule has 0 aliphatic carbocycles. The van der Waals surface area contributed by atoms with E-state index in [0.717, 1.165) is 57.8 Å². The smallest absolute Gasteiger partial charge is 0.220 e. The van der Waals surface area contributed by atoms with Crippen molar-refractivity contribution in [2.24, 2.45) is 13.0 Å². The standard InChI is InChI=1S/C37H45N5O5S/c1-25-33(23-48-37-41-40-24-42(37)3)46-36(47-35(25)29-14-12-27(22-43)13-15-29)30-18-16-28(17-19-30)32-10-7-6-9-31(32)21-39-34(45)11-5-4-8-20-38-26(2)44/h6-7,9-10,12-19,24-25,33,35-36,43H,4-5,8,11,20-23H2,1-3H3,(H,38,44)(H,39,45). The number of ether oxygens (including phenoxy) is 2. The van der Waals surface area contributed by atoms with Gasteiger partial charge in [0.1, 0.15) is 6.33 Å². The Morgan fingerprint density at radius 1 is 0.938 bits per heavy atom. The third-order valence-corrected chi connectivity index (χ3v) is 9.73. The van der Waals surface area contributed by atoms with Gasteiger partial charge in [-0.1, -0.05) is 97.9 Å². The summed E-state index contributed by atoms with van der Waals surface area (Å²) in [4.78, 5) is 23.5. The number of hydrogen-bond donors (Lipinski definition) is 3. The highest BCUT2D eigenvalue weighted by Crippen LogP contribution is 2.43. The lowest BCUT2D eigenvalue weighted by Gasteiger charge is -2.41. The van der Waals surface area contributed by atoms with Crippen molar-refractivity contribution in [2.75, 3.05) is 12.3 Å². The number of amides is 2. The molecule has 1 saturated heterocycles. The van der Waals surface area contributed by atoms with E-state index in [1.807, 2.05) is 66.2 Å². The quantitative estimate of drug-likeness (QED) is 0.106. The highest BCUT2D eigenvalue weighted by Gasteiger charge is 2.38. The van der Waals surface area contributed by atoms with Gasteiger partial charge in [-0.05, 0) is 40.7 Å². The van der Waals surface area contributed by atoms with E-state index >= 15 is 0 Å². The molecule has 48 heavy (non-hydrogen) atoms. The first-order valence-electron chi connectivity index (χ1n) is 16.5. The number of aromatic nitrogens is 3. The number of benzene rings is 3. The zero-order valence-electron chi connectivity index (χ0n) is 27.8. The molecule has 0 spiro atoms. The van der Waals surface area contributed by atoms with E-state index < -0.39 is 6.29 Å². The summed E-state index contributed by atoms with van der Waals surface area (Å²) in [6.07, 6.45) is 3.80. The number of nitrogens with zero attached hydrogens (tertiary/aromatic N) is 3. The van der Waals surface area contributed by atoms with Crippen molar-refractivity contribution in [3.05, 3.63) is 101 Å². The second kappa shape index (κ2) is 17.4. The highest BCUT2D eigenvalue weighted by atomic mass is 32.2. The predicted octanol–water partition coefficient (Wildman–Crippen LogP) is 5.87. The fourth-order valence-corrected chi connectivity index (χ4v) is 6.83. The zero-order chi connectivity index (χ0) is 33.9. The van der Waals surface area contributed by atoms with Crippen LogP contribution in [-0.2, 0) is 39.3 Å². The minimum atomic E-state index is -0.573. The zero-order valence-corrected chi connectivity index (χ0v) is 28.6. The van der Waals surface area contributed by atoms with Gasteiger partial charge < -0.3 is 29.8 Å². The first kappa shape index (κ1) is 35.3. The van der Waals surface area contributed by atoms with Gasteiger partial charge in [0, 0.05) is 50.7 Å². The fourth-order valence-electron chi connectivity index (χ4n) is 5.78. The third-order valence-electron chi connectivity index (χ3n) is 8.61. The molecule has 2 amide bonds. The van der Waals surface area contributed by atoms with E-state index in [4.69, 9.17) is 9.47 Å². The van der Waals surface area contributed by atoms with Gasteiger partial charge in [-0.3, -0.25) is 9.59 Å². The van der Waals surface area contributed by atoms with Crippen LogP contribution in [0.15, 0.2) is 84.3 Å². The molecule has 0 radical (unpaired) electrons. The number of aliphatic hydroxyl groups excluding tert-OH is 1. The summed E-state index contributed by atoms with van der Waals surface area (Å²) in [5.74, 6) is 0.743. The van der Waals surface area contributed by atoms with Crippen molar-refractivity contribution in [2.45, 2.75) is 76.3 Å². The summed E-state index contributed by atoms with van der Waals surface area (Å²) in [5, 5.41) is 24.5. The van der Waals surface area contributed by atoms with Crippen LogP contribution in [-0.4, -0.2) is 50.1 Å². The Kier molecular flexibility index (Phi) is 12.8. The van der Waals surface area contributed by atoms with Crippen molar-refractivity contribution >= 4 is 23.6 Å². The first-order chi connectivity index (χ1) is 23.3. The number of carbonyl (C=O) groups excluding carboxylic acids is 2. The molecule has 1 fully saturated rings. The highest BCUT2D eigenvalue weighted by molar-refractivity contribution is 7.99. The van der Waals surface area contributed by atoms with Crippen molar-refractivity contribution in [3.8, 4) is 11.1 Å². The maximum Gasteiger partial charge on any atom is 0.220 e. The molecule has 1 aliphatic heterocycles. The molecule has 5 rings (SSSR count). The summed E-state index contributed by atoms with van der Waals surface area (Å²) in [5.41, 5.74) is 5.94. The minimum Gasteiger partial charge on any atom is -0.392 e. The van der Waals surface area contributed by atoms with Crippen LogP contribution in [0.1, 0.15) is 74.2 Å². The number of rotatable bonds is 15. The third kappa shape index (κ3) is 9.53. The molecule has 3 N–H and O–H groups in total. The van der Waals surface area contributed by atoms with Crippen molar-refractivity contribution < 1.29 is 24.2 Å². The number of unbranched alkanes of at least 4 members (excludes halogenated alkanes) is 2. The topological polar surface area (TPSA) is 128 Å². The number of hydrogen-bond acceptors (Lipinski definition) is 8. The molecular formula is C37H45N5O5S.